The van der Waals surface area contributed by atoms with Crippen molar-refractivity contribution >= 4 is 47.6 Å². The second-order valence-electron chi connectivity index (χ2n) is 4.93. The number of aliphatic imine (C=N–C) groups is 1. The van der Waals surface area contributed by atoms with Crippen molar-refractivity contribution in [2.45, 2.75) is 6.92 Å². The number of halogens is 1. The quantitative estimate of drug-likeness (QED) is 0.780. The van der Waals surface area contributed by atoms with E-state index in [1.165, 1.54) is 0 Å². The third kappa shape index (κ3) is 3.48. The van der Waals surface area contributed by atoms with E-state index in [9.17, 15) is 9.59 Å². The van der Waals surface area contributed by atoms with Gasteiger partial charge in [0.25, 0.3) is 5.91 Å². The number of rotatable bonds is 1. The van der Waals surface area contributed by atoms with E-state index < -0.39 is 0 Å². The van der Waals surface area contributed by atoms with Gasteiger partial charge in [0, 0.05) is 38.0 Å². The van der Waals surface area contributed by atoms with E-state index in [1.54, 1.807) is 29.2 Å². The number of thiophene rings is 1. The normalized spacial score (nSPS) is 19.8. The first-order valence-corrected chi connectivity index (χ1v) is 7.67. The molecule has 1 aromatic heterocycles. The van der Waals surface area contributed by atoms with E-state index in [4.69, 9.17) is 0 Å². The monoisotopic (exact) mass is 340 g/mol. The Morgan fingerprint density at radius 3 is 2.68 bits per heavy atom. The first kappa shape index (κ1) is 16.5. The van der Waals surface area contributed by atoms with Gasteiger partial charge in [-0.1, -0.05) is 6.07 Å². The predicted octanol–water partition coefficient (Wildman–Crippen LogP) is 1.16. The summed E-state index contributed by atoms with van der Waals surface area (Å²) in [5, 5.41) is 4.76. The number of hydrogen-bond donors (Lipinski definition) is 1. The lowest BCUT2D eigenvalue weighted by atomic mass is 10.3. The van der Waals surface area contributed by atoms with Crippen LogP contribution >= 0.6 is 23.7 Å². The zero-order chi connectivity index (χ0) is 14.8. The predicted molar refractivity (Wildman–Crippen MR) is 88.9 cm³/mol. The van der Waals surface area contributed by atoms with Gasteiger partial charge in [-0.15, -0.1) is 23.7 Å². The van der Waals surface area contributed by atoms with Gasteiger partial charge < -0.3 is 9.80 Å². The number of hydrogen-bond acceptors (Lipinski definition) is 5. The minimum atomic E-state index is -0.174. The molecule has 6 nitrogen and oxygen atoms in total. The maximum Gasteiger partial charge on any atom is 0.276 e. The standard InChI is InChI=1S/C14H16N4O2S.ClH/c1-10(19)17-4-6-18(7-5-17)14-15-12(13(20)16-14)9-11-3-2-8-21-11;/h2-3,8-9H,4-7H2,1H3,(H,15,16,20);1H/b12-9-;. The number of carbonyl (C=O) groups is 2. The van der Waals surface area contributed by atoms with Crippen molar-refractivity contribution in [3.63, 3.8) is 0 Å². The molecule has 2 amide bonds. The Labute approximate surface area is 138 Å². The fraction of sp³-hybridized carbons (Fsp3) is 0.357. The average Bonchev–Trinajstić information content (AvgIpc) is 3.10. The second-order valence-corrected chi connectivity index (χ2v) is 5.91. The molecule has 3 heterocycles. The van der Waals surface area contributed by atoms with Crippen molar-refractivity contribution in [2.24, 2.45) is 4.99 Å². The van der Waals surface area contributed by atoms with Gasteiger partial charge >= 0.3 is 0 Å². The number of carbonyl (C=O) groups excluding carboxylic acids is 2. The van der Waals surface area contributed by atoms with E-state index in [-0.39, 0.29) is 24.2 Å². The molecular weight excluding hydrogens is 324 g/mol. The van der Waals surface area contributed by atoms with E-state index in [1.807, 2.05) is 22.4 Å². The van der Waals surface area contributed by atoms with Crippen molar-refractivity contribution in [2.75, 3.05) is 26.2 Å². The maximum atomic E-state index is 11.9. The van der Waals surface area contributed by atoms with Crippen molar-refractivity contribution < 1.29 is 9.59 Å². The molecule has 0 unspecified atom stereocenters. The summed E-state index contributed by atoms with van der Waals surface area (Å²) in [6, 6.07) is 3.89. The summed E-state index contributed by atoms with van der Waals surface area (Å²) in [5.74, 6) is 0.503. The van der Waals surface area contributed by atoms with Crippen LogP contribution < -0.4 is 5.32 Å². The lowest BCUT2D eigenvalue weighted by Gasteiger charge is -2.34. The molecule has 0 atom stereocenters. The highest BCUT2D eigenvalue weighted by atomic mass is 35.5. The van der Waals surface area contributed by atoms with Crippen molar-refractivity contribution in [3.05, 3.63) is 28.1 Å². The van der Waals surface area contributed by atoms with Gasteiger partial charge in [-0.3, -0.25) is 14.9 Å². The van der Waals surface area contributed by atoms with Gasteiger partial charge in [-0.25, -0.2) is 4.99 Å². The van der Waals surface area contributed by atoms with E-state index in [2.05, 4.69) is 10.3 Å². The third-order valence-electron chi connectivity index (χ3n) is 3.53. The highest BCUT2D eigenvalue weighted by molar-refractivity contribution is 7.10. The molecule has 8 heteroatoms. The Morgan fingerprint density at radius 2 is 2.09 bits per heavy atom. The molecule has 1 aromatic rings. The largest absolute Gasteiger partial charge is 0.339 e. The van der Waals surface area contributed by atoms with Gasteiger partial charge in [0.2, 0.25) is 11.9 Å². The molecule has 0 radical (unpaired) electrons. The number of nitrogens with zero attached hydrogens (tertiary/aromatic N) is 3. The first-order valence-electron chi connectivity index (χ1n) is 6.79. The molecule has 1 fully saturated rings. The number of guanidine groups is 1. The fourth-order valence-corrected chi connectivity index (χ4v) is 3.00. The fourth-order valence-electron chi connectivity index (χ4n) is 2.35. The molecule has 0 aliphatic carbocycles. The summed E-state index contributed by atoms with van der Waals surface area (Å²) in [5.41, 5.74) is 0.432. The molecule has 2 aliphatic rings. The van der Waals surface area contributed by atoms with Gasteiger partial charge in [0.05, 0.1) is 0 Å². The van der Waals surface area contributed by atoms with Gasteiger partial charge in [0.1, 0.15) is 5.70 Å². The number of nitrogens with one attached hydrogen (secondary N) is 1. The number of amides is 2. The molecule has 22 heavy (non-hydrogen) atoms. The topological polar surface area (TPSA) is 65.0 Å². The van der Waals surface area contributed by atoms with Crippen LogP contribution in [0.1, 0.15) is 11.8 Å². The first-order chi connectivity index (χ1) is 10.1. The summed E-state index contributed by atoms with van der Waals surface area (Å²) in [6.07, 6.45) is 1.79. The van der Waals surface area contributed by atoms with Crippen LogP contribution in [0.25, 0.3) is 6.08 Å². The Balaban J connectivity index is 0.00000176. The summed E-state index contributed by atoms with van der Waals surface area (Å²) >= 11 is 1.57. The van der Waals surface area contributed by atoms with Gasteiger partial charge in [0.15, 0.2) is 0 Å². The Morgan fingerprint density at radius 1 is 1.36 bits per heavy atom. The summed E-state index contributed by atoms with van der Waals surface area (Å²) < 4.78 is 0. The molecule has 0 bridgehead atoms. The van der Waals surface area contributed by atoms with Crippen LogP contribution in [-0.2, 0) is 9.59 Å². The maximum absolute atomic E-state index is 11.9. The van der Waals surface area contributed by atoms with Gasteiger partial charge in [-0.2, -0.15) is 0 Å². The Bertz CT molecular complexity index is 619. The third-order valence-corrected chi connectivity index (χ3v) is 4.35. The van der Waals surface area contributed by atoms with Crippen molar-refractivity contribution in [1.29, 1.82) is 0 Å². The second kappa shape index (κ2) is 6.93. The van der Waals surface area contributed by atoms with Crippen LogP contribution in [0.15, 0.2) is 28.2 Å². The molecular formula is C14H17ClN4O2S. The number of piperazine rings is 1. The molecule has 0 saturated carbocycles. The molecule has 3 rings (SSSR count). The minimum Gasteiger partial charge on any atom is -0.339 e. The van der Waals surface area contributed by atoms with Crippen molar-refractivity contribution in [1.82, 2.24) is 15.1 Å². The van der Waals surface area contributed by atoms with Crippen molar-refractivity contribution in [3.8, 4) is 0 Å². The van der Waals surface area contributed by atoms with E-state index in [0.717, 1.165) is 4.88 Å². The highest BCUT2D eigenvalue weighted by Crippen LogP contribution is 2.17. The lowest BCUT2D eigenvalue weighted by molar-refractivity contribution is -0.130. The van der Waals surface area contributed by atoms with Crippen LogP contribution in [0.2, 0.25) is 0 Å². The Hall–Kier alpha value is -1.86. The van der Waals surface area contributed by atoms with Crippen LogP contribution in [0.5, 0.6) is 0 Å². The van der Waals surface area contributed by atoms with Crippen LogP contribution in [-0.4, -0.2) is 53.8 Å². The molecule has 1 N–H and O–H groups in total. The zero-order valence-electron chi connectivity index (χ0n) is 12.1. The molecule has 1 saturated heterocycles. The molecule has 0 spiro atoms. The lowest BCUT2D eigenvalue weighted by Crippen LogP contribution is -2.52. The summed E-state index contributed by atoms with van der Waals surface area (Å²) in [6.45, 7) is 4.27. The van der Waals surface area contributed by atoms with E-state index in [0.29, 0.717) is 37.8 Å². The van der Waals surface area contributed by atoms with E-state index >= 15 is 0 Å². The highest BCUT2D eigenvalue weighted by Gasteiger charge is 2.27. The SMILES string of the molecule is CC(=O)N1CCN(C2=N/C(=C\c3cccs3)C(=O)N2)CC1.Cl. The summed E-state index contributed by atoms with van der Waals surface area (Å²) in [4.78, 5) is 32.5. The zero-order valence-corrected chi connectivity index (χ0v) is 13.7. The summed E-state index contributed by atoms with van der Waals surface area (Å²) in [7, 11) is 0. The molecule has 118 valence electrons. The molecule has 0 aromatic carbocycles. The smallest absolute Gasteiger partial charge is 0.276 e. The molecule has 2 aliphatic heterocycles. The van der Waals surface area contributed by atoms with Crippen LogP contribution in [0.3, 0.4) is 0 Å². The minimum absolute atomic E-state index is 0. The van der Waals surface area contributed by atoms with Crippen LogP contribution in [0.4, 0.5) is 0 Å². The Kier molecular flexibility index (Phi) is 5.20. The van der Waals surface area contributed by atoms with Crippen LogP contribution in [0, 0.1) is 0 Å². The van der Waals surface area contributed by atoms with Gasteiger partial charge in [-0.05, 0) is 17.5 Å². The average molecular weight is 341 g/mol.